The van der Waals surface area contributed by atoms with E-state index in [-0.39, 0.29) is 26.8 Å². The van der Waals surface area contributed by atoms with Gasteiger partial charge in [-0.3, -0.25) is 0 Å². The molecule has 0 N–H and O–H groups in total. The molecule has 2 aromatic heterocycles. The zero-order valence-electron chi connectivity index (χ0n) is 10.5. The van der Waals surface area contributed by atoms with Gasteiger partial charge in [0.25, 0.3) is 0 Å². The van der Waals surface area contributed by atoms with Crippen molar-refractivity contribution in [3.8, 4) is 9.44 Å². The number of carbonyl (C=O) groups is 1. The van der Waals surface area contributed by atoms with Gasteiger partial charge in [0.2, 0.25) is 0 Å². The van der Waals surface area contributed by atoms with Gasteiger partial charge in [0.15, 0.2) is 0 Å². The van der Waals surface area contributed by atoms with Crippen molar-refractivity contribution >= 4 is 37.9 Å². The van der Waals surface area contributed by atoms with E-state index in [1.807, 2.05) is 22.5 Å². The molecule has 0 aliphatic carbocycles. The zero-order chi connectivity index (χ0) is 14.4. The van der Waals surface area contributed by atoms with Crippen LogP contribution in [0.2, 0.25) is 0 Å². The second-order valence-corrected chi connectivity index (χ2v) is 6.24. The van der Waals surface area contributed by atoms with Crippen molar-refractivity contribution in [3.63, 3.8) is 0 Å². The van der Waals surface area contributed by atoms with Crippen LogP contribution in [0.25, 0.3) is 26.0 Å². The molecule has 0 amide bonds. The Morgan fingerprint density at radius 3 is 3.20 bits per heavy atom. The fourth-order valence-electron chi connectivity index (χ4n) is 1.39. The molecule has 8 heteroatoms. The third-order valence-electron chi connectivity index (χ3n) is 2.18. The Morgan fingerprint density at radius 2 is 2.55 bits per heavy atom. The summed E-state index contributed by atoms with van der Waals surface area (Å²) in [6.45, 7) is 1.92. The summed E-state index contributed by atoms with van der Waals surface area (Å²) < 4.78 is 5.83. The molecular formula is C12H10N4O2SSe. The Labute approximate surface area is 125 Å². The van der Waals surface area contributed by atoms with E-state index in [2.05, 4.69) is 15.0 Å². The Morgan fingerprint density at radius 1 is 1.70 bits per heavy atom. The van der Waals surface area contributed by atoms with Crippen molar-refractivity contribution in [2.75, 3.05) is 6.61 Å². The van der Waals surface area contributed by atoms with Crippen LogP contribution >= 0.6 is 11.3 Å². The normalized spacial score (nSPS) is 10.9. The molecule has 0 atom stereocenters. The molecule has 2 aromatic rings. The van der Waals surface area contributed by atoms with Crippen LogP contribution in [0.15, 0.2) is 33.3 Å². The first-order valence-corrected chi connectivity index (χ1v) is 8.40. The first kappa shape index (κ1) is 14.6. The summed E-state index contributed by atoms with van der Waals surface area (Å²) in [6, 6.07) is 3.97. The maximum absolute atomic E-state index is 11.6. The summed E-state index contributed by atoms with van der Waals surface area (Å²) in [6.07, 6.45) is 1.46. The predicted octanol–water partition coefficient (Wildman–Crippen LogP) is 3.08. The first-order chi connectivity index (χ1) is 9.74. The fourth-order valence-corrected chi connectivity index (χ4v) is 4.01. The van der Waals surface area contributed by atoms with Crippen molar-refractivity contribution in [1.82, 2.24) is 4.98 Å². The average molecular weight is 353 g/mol. The molecule has 2 heterocycles. The van der Waals surface area contributed by atoms with Crippen molar-refractivity contribution in [2.24, 2.45) is 5.11 Å². The summed E-state index contributed by atoms with van der Waals surface area (Å²) >= 11 is 1.74. The van der Waals surface area contributed by atoms with E-state index in [4.69, 9.17) is 10.3 Å². The van der Waals surface area contributed by atoms with Crippen LogP contribution in [0.5, 0.6) is 0 Å². The third-order valence-corrected chi connectivity index (χ3v) is 5.22. The molecule has 0 spiro atoms. The number of ether oxygens (including phenoxy) is 1. The SMILES string of the molecule is CCOC(=O)/C(=C\c1c[se]c(-c2cccs2)n1)N=[N+]=[N-]. The second-order valence-electron chi connectivity index (χ2n) is 3.49. The number of thiophene rings is 1. The Balaban J connectivity index is 2.27. The Bertz CT molecular complexity index is 671. The summed E-state index contributed by atoms with van der Waals surface area (Å²) in [5, 5.41) is 5.35. The van der Waals surface area contributed by atoms with Gasteiger partial charge in [-0.05, 0) is 0 Å². The second kappa shape index (κ2) is 7.07. The van der Waals surface area contributed by atoms with E-state index < -0.39 is 5.97 Å². The van der Waals surface area contributed by atoms with E-state index in [0.29, 0.717) is 5.69 Å². The van der Waals surface area contributed by atoms with Crippen LogP contribution in [0, 0.1) is 0 Å². The maximum atomic E-state index is 11.6. The zero-order valence-corrected chi connectivity index (χ0v) is 13.0. The number of hydrogen-bond acceptors (Lipinski definition) is 5. The number of aromatic nitrogens is 1. The molecule has 102 valence electrons. The Hall–Kier alpha value is -1.85. The van der Waals surface area contributed by atoms with Crippen LogP contribution in [0.4, 0.5) is 0 Å². The molecule has 0 fully saturated rings. The monoisotopic (exact) mass is 354 g/mol. The van der Waals surface area contributed by atoms with E-state index in [1.54, 1.807) is 18.3 Å². The van der Waals surface area contributed by atoms with Gasteiger partial charge < -0.3 is 0 Å². The van der Waals surface area contributed by atoms with E-state index in [0.717, 1.165) is 9.44 Å². The fraction of sp³-hybridized carbons (Fsp3) is 0.167. The van der Waals surface area contributed by atoms with Gasteiger partial charge in [-0.25, -0.2) is 0 Å². The molecule has 0 aliphatic heterocycles. The van der Waals surface area contributed by atoms with Crippen molar-refractivity contribution in [1.29, 1.82) is 0 Å². The van der Waals surface area contributed by atoms with Crippen LogP contribution in [0.3, 0.4) is 0 Å². The minimum atomic E-state index is -0.640. The van der Waals surface area contributed by atoms with E-state index >= 15 is 0 Å². The molecule has 0 aliphatic rings. The van der Waals surface area contributed by atoms with Gasteiger partial charge in [-0.15, -0.1) is 0 Å². The standard InChI is InChI=1S/C12H10N4O2SSe/c1-2-18-12(17)9(15-16-13)6-8-7-20-11(14-8)10-4-3-5-19-10/h3-7H,2H2,1H3/b9-6+. The van der Waals surface area contributed by atoms with Crippen LogP contribution < -0.4 is 0 Å². The summed E-state index contributed by atoms with van der Waals surface area (Å²) in [5.74, 6) is -0.640. The molecule has 0 radical (unpaired) electrons. The third kappa shape index (κ3) is 3.59. The number of hydrogen-bond donors (Lipinski definition) is 0. The average Bonchev–Trinajstić information content (AvgIpc) is 3.09. The number of rotatable bonds is 5. The van der Waals surface area contributed by atoms with Crippen molar-refractivity contribution in [3.05, 3.63) is 44.3 Å². The summed E-state index contributed by atoms with van der Waals surface area (Å²) in [7, 11) is 0. The molecule has 20 heavy (non-hydrogen) atoms. The number of carbonyl (C=O) groups excluding carboxylic acids is 1. The predicted molar refractivity (Wildman–Crippen MR) is 78.2 cm³/mol. The van der Waals surface area contributed by atoms with Crippen molar-refractivity contribution < 1.29 is 9.53 Å². The Kier molecular flexibility index (Phi) is 5.15. The molecule has 0 saturated carbocycles. The van der Waals surface area contributed by atoms with Crippen LogP contribution in [0.1, 0.15) is 12.6 Å². The molecule has 0 aromatic carbocycles. The molecule has 6 nitrogen and oxygen atoms in total. The van der Waals surface area contributed by atoms with Gasteiger partial charge in [0.05, 0.1) is 0 Å². The van der Waals surface area contributed by atoms with Crippen molar-refractivity contribution in [2.45, 2.75) is 6.92 Å². The van der Waals surface area contributed by atoms with Crippen LogP contribution in [-0.2, 0) is 9.53 Å². The minimum absolute atomic E-state index is 0.0763. The molecule has 0 bridgehead atoms. The van der Waals surface area contributed by atoms with Gasteiger partial charge in [0, 0.05) is 0 Å². The number of nitrogens with zero attached hydrogens (tertiary/aromatic N) is 4. The summed E-state index contributed by atoms with van der Waals surface area (Å²) in [4.78, 5) is 21.7. The van der Waals surface area contributed by atoms with Gasteiger partial charge in [0.1, 0.15) is 0 Å². The molecular weight excluding hydrogens is 343 g/mol. The summed E-state index contributed by atoms with van der Waals surface area (Å²) in [5.41, 5.74) is 9.04. The number of esters is 1. The molecule has 2 rings (SSSR count). The molecule has 0 saturated heterocycles. The topological polar surface area (TPSA) is 88.0 Å². The first-order valence-electron chi connectivity index (χ1n) is 5.68. The van der Waals surface area contributed by atoms with Gasteiger partial charge in [-0.1, -0.05) is 0 Å². The van der Waals surface area contributed by atoms with E-state index in [1.165, 1.54) is 6.08 Å². The number of azide groups is 1. The quantitative estimate of drug-likeness (QED) is 0.207. The van der Waals surface area contributed by atoms with Gasteiger partial charge >= 0.3 is 125 Å². The van der Waals surface area contributed by atoms with E-state index in [9.17, 15) is 4.79 Å². The van der Waals surface area contributed by atoms with Crippen LogP contribution in [-0.4, -0.2) is 32.1 Å². The van der Waals surface area contributed by atoms with Gasteiger partial charge in [-0.2, -0.15) is 0 Å². The molecule has 0 unspecified atom stereocenters.